The van der Waals surface area contributed by atoms with Gasteiger partial charge in [0.15, 0.2) is 0 Å². The molecule has 2 rings (SSSR count). The molecular weight excluding hydrogens is 290 g/mol. The van der Waals surface area contributed by atoms with Gasteiger partial charge in [-0.3, -0.25) is 10.1 Å². The number of ether oxygens (including phenoxy) is 2. The van der Waals surface area contributed by atoms with Crippen molar-refractivity contribution in [3.05, 3.63) is 28.4 Å². The molecule has 120 valence electrons. The number of nitro groups is 1. The number of likely N-dealkylation sites (tertiary alicyclic amines) is 1. The zero-order valence-corrected chi connectivity index (χ0v) is 12.8. The van der Waals surface area contributed by atoms with Gasteiger partial charge in [-0.05, 0) is 26.8 Å². The fraction of sp³-hybridized carbons (Fsp3) is 0.571. The van der Waals surface area contributed by atoms with Crippen LogP contribution in [0.1, 0.15) is 27.2 Å². The number of hydrogen-bond donors (Lipinski definition) is 0. The van der Waals surface area contributed by atoms with E-state index in [0.29, 0.717) is 19.5 Å². The maximum absolute atomic E-state index is 12.0. The molecule has 1 saturated heterocycles. The van der Waals surface area contributed by atoms with E-state index < -0.39 is 16.6 Å². The lowest BCUT2D eigenvalue weighted by molar-refractivity contribution is -0.386. The van der Waals surface area contributed by atoms with Crippen LogP contribution in [-0.4, -0.2) is 45.7 Å². The third-order valence-corrected chi connectivity index (χ3v) is 3.02. The summed E-state index contributed by atoms with van der Waals surface area (Å²) in [5.41, 5.74) is -0.742. The number of pyridine rings is 1. The largest absolute Gasteiger partial charge is 0.468 e. The molecule has 1 aromatic rings. The Balaban J connectivity index is 1.97. The van der Waals surface area contributed by atoms with Crippen LogP contribution in [0.4, 0.5) is 10.5 Å². The van der Waals surface area contributed by atoms with E-state index in [1.54, 1.807) is 20.8 Å². The number of carbonyl (C=O) groups excluding carboxylic acids is 1. The van der Waals surface area contributed by atoms with Crippen molar-refractivity contribution in [1.82, 2.24) is 9.88 Å². The molecule has 1 atom stereocenters. The second-order valence-corrected chi connectivity index (χ2v) is 6.04. The first-order valence-corrected chi connectivity index (χ1v) is 7.00. The van der Waals surface area contributed by atoms with Gasteiger partial charge in [0, 0.05) is 25.2 Å². The van der Waals surface area contributed by atoms with Gasteiger partial charge in [0.1, 0.15) is 11.7 Å². The Morgan fingerprint density at radius 3 is 2.86 bits per heavy atom. The summed E-state index contributed by atoms with van der Waals surface area (Å²) in [5, 5.41) is 10.9. The molecule has 0 radical (unpaired) electrons. The van der Waals surface area contributed by atoms with Crippen molar-refractivity contribution in [1.29, 1.82) is 0 Å². The Bertz CT molecular complexity index is 570. The molecule has 22 heavy (non-hydrogen) atoms. The standard InChI is InChI=1S/C14H19N3O5/c1-14(2,3)22-13(18)16-8-6-10(9-16)21-12-11(17(19)20)5-4-7-15-12/h4-5,7,10H,6,8-9H2,1-3H3/t10-/m0/s1. The topological polar surface area (TPSA) is 94.8 Å². The van der Waals surface area contributed by atoms with Gasteiger partial charge in [-0.15, -0.1) is 0 Å². The molecule has 0 aromatic carbocycles. The Morgan fingerprint density at radius 1 is 1.50 bits per heavy atom. The van der Waals surface area contributed by atoms with Crippen LogP contribution >= 0.6 is 0 Å². The lowest BCUT2D eigenvalue weighted by atomic mass is 10.2. The van der Waals surface area contributed by atoms with E-state index in [4.69, 9.17) is 9.47 Å². The molecule has 1 aliphatic heterocycles. The molecule has 0 saturated carbocycles. The molecule has 1 amide bonds. The summed E-state index contributed by atoms with van der Waals surface area (Å²) < 4.78 is 10.9. The first kappa shape index (κ1) is 16.0. The summed E-state index contributed by atoms with van der Waals surface area (Å²) in [7, 11) is 0. The van der Waals surface area contributed by atoms with E-state index in [1.807, 2.05) is 0 Å². The quantitative estimate of drug-likeness (QED) is 0.628. The molecule has 0 bridgehead atoms. The second kappa shape index (κ2) is 6.17. The number of aromatic nitrogens is 1. The van der Waals surface area contributed by atoms with E-state index in [9.17, 15) is 14.9 Å². The smallest absolute Gasteiger partial charge is 0.410 e. The van der Waals surface area contributed by atoms with Crippen molar-refractivity contribution in [3.63, 3.8) is 0 Å². The van der Waals surface area contributed by atoms with Crippen molar-refractivity contribution in [2.45, 2.75) is 38.9 Å². The molecule has 8 heteroatoms. The zero-order chi connectivity index (χ0) is 16.3. The van der Waals surface area contributed by atoms with E-state index in [-0.39, 0.29) is 17.7 Å². The Kier molecular flexibility index (Phi) is 4.48. The summed E-state index contributed by atoms with van der Waals surface area (Å²) in [4.78, 5) is 27.8. The fourth-order valence-electron chi connectivity index (χ4n) is 2.09. The summed E-state index contributed by atoms with van der Waals surface area (Å²) in [6.07, 6.45) is 1.27. The number of nitrogens with zero attached hydrogens (tertiary/aromatic N) is 3. The SMILES string of the molecule is CC(C)(C)OC(=O)N1CC[C@H](Oc2ncccc2[N+](=O)[O-])C1. The van der Waals surface area contributed by atoms with Gasteiger partial charge < -0.3 is 14.4 Å². The van der Waals surface area contributed by atoms with E-state index in [2.05, 4.69) is 4.98 Å². The highest BCUT2D eigenvalue weighted by Gasteiger charge is 2.32. The van der Waals surface area contributed by atoms with Gasteiger partial charge in [0.05, 0.1) is 11.5 Å². The molecule has 1 aliphatic rings. The van der Waals surface area contributed by atoms with Crippen LogP contribution < -0.4 is 4.74 Å². The third kappa shape index (κ3) is 4.06. The minimum absolute atomic E-state index is 0.0245. The van der Waals surface area contributed by atoms with Crippen LogP contribution in [0, 0.1) is 10.1 Å². The molecule has 0 N–H and O–H groups in total. The molecule has 2 heterocycles. The van der Waals surface area contributed by atoms with Crippen LogP contribution in [0.25, 0.3) is 0 Å². The Hall–Kier alpha value is -2.38. The first-order valence-electron chi connectivity index (χ1n) is 7.00. The van der Waals surface area contributed by atoms with Crippen molar-refractivity contribution in [2.75, 3.05) is 13.1 Å². The fourth-order valence-corrected chi connectivity index (χ4v) is 2.09. The average molecular weight is 309 g/mol. The predicted octanol–water partition coefficient (Wildman–Crippen LogP) is 2.38. The monoisotopic (exact) mass is 309 g/mol. The highest BCUT2D eigenvalue weighted by molar-refractivity contribution is 5.68. The molecular formula is C14H19N3O5. The number of rotatable bonds is 3. The minimum Gasteiger partial charge on any atom is -0.468 e. The van der Waals surface area contributed by atoms with Crippen molar-refractivity contribution in [2.24, 2.45) is 0 Å². The molecule has 8 nitrogen and oxygen atoms in total. The summed E-state index contributed by atoms with van der Waals surface area (Å²) >= 11 is 0. The van der Waals surface area contributed by atoms with Gasteiger partial charge in [0.2, 0.25) is 0 Å². The highest BCUT2D eigenvalue weighted by Crippen LogP contribution is 2.26. The van der Waals surface area contributed by atoms with Gasteiger partial charge in [0.25, 0.3) is 5.88 Å². The van der Waals surface area contributed by atoms with Crippen LogP contribution in [-0.2, 0) is 4.74 Å². The molecule has 1 fully saturated rings. The molecule has 1 aromatic heterocycles. The number of amides is 1. The summed E-state index contributed by atoms with van der Waals surface area (Å²) in [6, 6.07) is 2.82. The maximum atomic E-state index is 12.0. The normalized spacial score (nSPS) is 18.1. The second-order valence-electron chi connectivity index (χ2n) is 6.04. The summed E-state index contributed by atoms with van der Waals surface area (Å²) in [5.74, 6) is -0.0245. The zero-order valence-electron chi connectivity index (χ0n) is 12.8. The van der Waals surface area contributed by atoms with Crippen LogP contribution in [0.5, 0.6) is 5.88 Å². The van der Waals surface area contributed by atoms with Gasteiger partial charge in [-0.1, -0.05) is 0 Å². The number of hydrogen-bond acceptors (Lipinski definition) is 6. The Morgan fingerprint density at radius 2 is 2.23 bits per heavy atom. The van der Waals surface area contributed by atoms with Crippen molar-refractivity contribution >= 4 is 11.8 Å². The highest BCUT2D eigenvalue weighted by atomic mass is 16.6. The lowest BCUT2D eigenvalue weighted by Gasteiger charge is -2.24. The Labute approximate surface area is 128 Å². The first-order chi connectivity index (χ1) is 10.3. The van der Waals surface area contributed by atoms with E-state index in [0.717, 1.165) is 0 Å². The number of carbonyl (C=O) groups is 1. The van der Waals surface area contributed by atoms with Crippen LogP contribution in [0.2, 0.25) is 0 Å². The molecule has 0 spiro atoms. The lowest BCUT2D eigenvalue weighted by Crippen LogP contribution is -2.36. The van der Waals surface area contributed by atoms with Crippen LogP contribution in [0.3, 0.4) is 0 Å². The van der Waals surface area contributed by atoms with Gasteiger partial charge in [-0.25, -0.2) is 9.78 Å². The van der Waals surface area contributed by atoms with Gasteiger partial charge >= 0.3 is 11.8 Å². The minimum atomic E-state index is -0.560. The van der Waals surface area contributed by atoms with Gasteiger partial charge in [-0.2, -0.15) is 0 Å². The van der Waals surface area contributed by atoms with E-state index >= 15 is 0 Å². The predicted molar refractivity (Wildman–Crippen MR) is 77.7 cm³/mol. The maximum Gasteiger partial charge on any atom is 0.410 e. The van der Waals surface area contributed by atoms with E-state index in [1.165, 1.54) is 23.2 Å². The van der Waals surface area contributed by atoms with Crippen LogP contribution in [0.15, 0.2) is 18.3 Å². The average Bonchev–Trinajstić information content (AvgIpc) is 2.86. The summed E-state index contributed by atoms with van der Waals surface area (Å²) in [6.45, 7) is 6.20. The molecule has 0 aliphatic carbocycles. The molecule has 0 unspecified atom stereocenters. The van der Waals surface area contributed by atoms with Crippen molar-refractivity contribution in [3.8, 4) is 5.88 Å². The third-order valence-electron chi connectivity index (χ3n) is 3.02. The van der Waals surface area contributed by atoms with Crippen molar-refractivity contribution < 1.29 is 19.2 Å².